The van der Waals surface area contributed by atoms with Crippen molar-refractivity contribution in [2.24, 2.45) is 0 Å². The molecule has 0 bridgehead atoms. The molecule has 1 atom stereocenters. The zero-order chi connectivity index (χ0) is 13.5. The van der Waals surface area contributed by atoms with Crippen molar-refractivity contribution in [2.75, 3.05) is 6.54 Å². The smallest absolute Gasteiger partial charge is 0.317 e. The molecule has 0 saturated carbocycles. The summed E-state index contributed by atoms with van der Waals surface area (Å²) in [7, 11) is 0. The second-order valence-electron chi connectivity index (χ2n) is 4.87. The van der Waals surface area contributed by atoms with Gasteiger partial charge in [-0.25, -0.2) is 0 Å². The van der Waals surface area contributed by atoms with Gasteiger partial charge in [-0.1, -0.05) is 43.7 Å². The van der Waals surface area contributed by atoms with Crippen molar-refractivity contribution in [3.63, 3.8) is 0 Å². The number of rotatable bonds is 7. The number of carboxylic acid groups (broad SMARTS) is 1. The van der Waals surface area contributed by atoms with Crippen LogP contribution in [-0.4, -0.2) is 28.6 Å². The van der Waals surface area contributed by atoms with E-state index in [4.69, 9.17) is 5.11 Å². The Hall–Kier alpha value is -1.35. The average Bonchev–Trinajstić information content (AvgIpc) is 2.34. The lowest BCUT2D eigenvalue weighted by molar-refractivity contribution is -0.139. The second kappa shape index (κ2) is 7.17. The molecule has 1 aromatic carbocycles. The van der Waals surface area contributed by atoms with Crippen molar-refractivity contribution >= 4 is 5.97 Å². The van der Waals surface area contributed by atoms with Gasteiger partial charge in [0.2, 0.25) is 0 Å². The summed E-state index contributed by atoms with van der Waals surface area (Å²) in [5, 5.41) is 9.06. The molecule has 0 aliphatic carbocycles. The van der Waals surface area contributed by atoms with Gasteiger partial charge in [0, 0.05) is 12.1 Å². The summed E-state index contributed by atoms with van der Waals surface area (Å²) in [4.78, 5) is 13.1. The normalized spacial score (nSPS) is 12.9. The highest BCUT2D eigenvalue weighted by Gasteiger charge is 2.23. The van der Waals surface area contributed by atoms with E-state index in [1.165, 1.54) is 5.56 Å². The number of benzene rings is 1. The van der Waals surface area contributed by atoms with Gasteiger partial charge in [0.05, 0.1) is 6.54 Å². The van der Waals surface area contributed by atoms with E-state index in [2.05, 4.69) is 37.8 Å². The van der Waals surface area contributed by atoms with Crippen LogP contribution >= 0.6 is 0 Å². The third kappa shape index (κ3) is 4.15. The molecule has 1 unspecified atom stereocenters. The molecule has 0 saturated heterocycles. The third-order valence-electron chi connectivity index (χ3n) is 3.13. The minimum atomic E-state index is -0.763. The molecule has 1 N–H and O–H groups in total. The van der Waals surface area contributed by atoms with Gasteiger partial charge in [0.25, 0.3) is 0 Å². The van der Waals surface area contributed by atoms with E-state index in [9.17, 15) is 4.79 Å². The molecule has 0 fully saturated rings. The Kier molecular flexibility index (Phi) is 5.86. The van der Waals surface area contributed by atoms with Gasteiger partial charge in [0.1, 0.15) is 0 Å². The molecule has 0 heterocycles. The lowest BCUT2D eigenvalue weighted by Gasteiger charge is -2.34. The largest absolute Gasteiger partial charge is 0.480 e. The topological polar surface area (TPSA) is 40.5 Å². The molecular weight excluding hydrogens is 226 g/mol. The Morgan fingerprint density at radius 3 is 2.33 bits per heavy atom. The molecule has 100 valence electrons. The number of nitrogens with zero attached hydrogens (tertiary/aromatic N) is 1. The maximum atomic E-state index is 11.0. The van der Waals surface area contributed by atoms with E-state index in [-0.39, 0.29) is 18.6 Å². The maximum Gasteiger partial charge on any atom is 0.317 e. The van der Waals surface area contributed by atoms with Crippen LogP contribution in [0.5, 0.6) is 0 Å². The van der Waals surface area contributed by atoms with Crippen LogP contribution in [0.4, 0.5) is 0 Å². The van der Waals surface area contributed by atoms with Crippen LogP contribution < -0.4 is 0 Å². The van der Waals surface area contributed by atoms with E-state index in [1.807, 2.05) is 18.2 Å². The Morgan fingerprint density at radius 1 is 1.28 bits per heavy atom. The summed E-state index contributed by atoms with van der Waals surface area (Å²) >= 11 is 0. The molecule has 1 aromatic rings. The summed E-state index contributed by atoms with van der Waals surface area (Å²) in [6.45, 7) is 6.33. The first-order valence-corrected chi connectivity index (χ1v) is 6.58. The van der Waals surface area contributed by atoms with Crippen molar-refractivity contribution in [2.45, 2.75) is 45.7 Å². The van der Waals surface area contributed by atoms with Crippen LogP contribution in [0.2, 0.25) is 0 Å². The van der Waals surface area contributed by atoms with Gasteiger partial charge in [0.15, 0.2) is 0 Å². The van der Waals surface area contributed by atoms with E-state index >= 15 is 0 Å². The van der Waals surface area contributed by atoms with E-state index in [0.717, 1.165) is 12.8 Å². The van der Waals surface area contributed by atoms with E-state index in [1.54, 1.807) is 0 Å². The van der Waals surface area contributed by atoms with Crippen molar-refractivity contribution in [1.29, 1.82) is 0 Å². The monoisotopic (exact) mass is 249 g/mol. The third-order valence-corrected chi connectivity index (χ3v) is 3.13. The Bertz CT molecular complexity index is 362. The van der Waals surface area contributed by atoms with E-state index in [0.29, 0.717) is 0 Å². The fraction of sp³-hybridized carbons (Fsp3) is 0.533. The Balaban J connectivity index is 2.96. The van der Waals surface area contributed by atoms with Gasteiger partial charge in [-0.05, 0) is 25.8 Å². The summed E-state index contributed by atoms with van der Waals surface area (Å²) in [6.07, 6.45) is 2.03. The van der Waals surface area contributed by atoms with Crippen molar-refractivity contribution in [3.8, 4) is 0 Å². The minimum Gasteiger partial charge on any atom is -0.480 e. The average molecular weight is 249 g/mol. The van der Waals surface area contributed by atoms with Crippen LogP contribution in [0.1, 0.15) is 45.2 Å². The predicted molar refractivity (Wildman–Crippen MR) is 73.6 cm³/mol. The van der Waals surface area contributed by atoms with Gasteiger partial charge in [-0.2, -0.15) is 0 Å². The number of carboxylic acids is 1. The van der Waals surface area contributed by atoms with Gasteiger partial charge < -0.3 is 5.11 Å². The lowest BCUT2D eigenvalue weighted by Crippen LogP contribution is -2.38. The van der Waals surface area contributed by atoms with Crippen molar-refractivity contribution in [1.82, 2.24) is 4.90 Å². The Morgan fingerprint density at radius 2 is 1.89 bits per heavy atom. The summed E-state index contributed by atoms with van der Waals surface area (Å²) < 4.78 is 0. The number of aliphatic carboxylic acids is 1. The summed E-state index contributed by atoms with van der Waals surface area (Å²) in [5.41, 5.74) is 1.20. The number of hydrogen-bond acceptors (Lipinski definition) is 2. The molecule has 0 spiro atoms. The first-order chi connectivity index (χ1) is 8.56. The number of hydrogen-bond donors (Lipinski definition) is 1. The van der Waals surface area contributed by atoms with Gasteiger partial charge in [-0.15, -0.1) is 0 Å². The standard InChI is InChI=1S/C15H23NO2/c1-4-8-14(13-9-6-5-7-10-13)16(12(2)3)11-15(17)18/h5-7,9-10,12,14H,4,8,11H2,1-3H3,(H,17,18). The summed E-state index contributed by atoms with van der Waals surface area (Å²) in [6, 6.07) is 10.6. The molecule has 0 amide bonds. The van der Waals surface area contributed by atoms with Crippen molar-refractivity contribution in [3.05, 3.63) is 35.9 Å². The molecule has 0 aliphatic rings. The van der Waals surface area contributed by atoms with Crippen LogP contribution in [0.25, 0.3) is 0 Å². The first kappa shape index (κ1) is 14.7. The zero-order valence-corrected chi connectivity index (χ0v) is 11.5. The molecular formula is C15H23NO2. The van der Waals surface area contributed by atoms with E-state index < -0.39 is 5.97 Å². The lowest BCUT2D eigenvalue weighted by atomic mass is 9.99. The predicted octanol–water partition coefficient (Wildman–Crippen LogP) is 3.32. The van der Waals surface area contributed by atoms with Gasteiger partial charge >= 0.3 is 5.97 Å². The highest BCUT2D eigenvalue weighted by atomic mass is 16.4. The number of carbonyl (C=O) groups is 1. The molecule has 0 aromatic heterocycles. The quantitative estimate of drug-likeness (QED) is 0.806. The molecule has 3 heteroatoms. The maximum absolute atomic E-state index is 11.0. The minimum absolute atomic E-state index is 0.0945. The van der Waals surface area contributed by atoms with Crippen LogP contribution in [0.15, 0.2) is 30.3 Å². The van der Waals surface area contributed by atoms with Gasteiger partial charge in [-0.3, -0.25) is 9.69 Å². The SMILES string of the molecule is CCCC(c1ccccc1)N(CC(=O)O)C(C)C. The molecule has 0 radical (unpaired) electrons. The fourth-order valence-corrected chi connectivity index (χ4v) is 2.28. The van der Waals surface area contributed by atoms with Crippen LogP contribution in [-0.2, 0) is 4.79 Å². The second-order valence-corrected chi connectivity index (χ2v) is 4.87. The first-order valence-electron chi connectivity index (χ1n) is 6.58. The van der Waals surface area contributed by atoms with Crippen LogP contribution in [0, 0.1) is 0 Å². The highest BCUT2D eigenvalue weighted by molar-refractivity contribution is 5.69. The molecule has 18 heavy (non-hydrogen) atoms. The molecule has 3 nitrogen and oxygen atoms in total. The highest BCUT2D eigenvalue weighted by Crippen LogP contribution is 2.27. The summed E-state index contributed by atoms with van der Waals surface area (Å²) in [5.74, 6) is -0.763. The zero-order valence-electron chi connectivity index (χ0n) is 11.5. The fourth-order valence-electron chi connectivity index (χ4n) is 2.28. The van der Waals surface area contributed by atoms with Crippen LogP contribution in [0.3, 0.4) is 0 Å². The Labute approximate surface area is 109 Å². The van der Waals surface area contributed by atoms with Crippen molar-refractivity contribution < 1.29 is 9.90 Å². The molecule has 1 rings (SSSR count). The molecule has 0 aliphatic heterocycles.